The van der Waals surface area contributed by atoms with Gasteiger partial charge in [0.1, 0.15) is 0 Å². The van der Waals surface area contributed by atoms with Crippen LogP contribution in [0, 0.1) is 13.8 Å². The predicted octanol–water partition coefficient (Wildman–Crippen LogP) is 3.96. The topological polar surface area (TPSA) is 85.1 Å². The van der Waals surface area contributed by atoms with Gasteiger partial charge in [0.25, 0.3) is 10.0 Å². The second kappa shape index (κ2) is 6.81. The van der Waals surface area contributed by atoms with Crippen molar-refractivity contribution in [2.45, 2.75) is 43.9 Å². The standard InChI is InChI=1S/C20H21N3O3S/c1-13-7-10-17(11-14(13)2)27(24,25)23-18-6-4-3-5-16(18)12-19-21-20(22-26-19)15-8-9-15/h3-7,10-11,15,23H,8-9,12H2,1-2H3. The van der Waals surface area contributed by atoms with E-state index in [9.17, 15) is 8.42 Å². The number of aryl methyl sites for hydroxylation is 2. The molecule has 0 bridgehead atoms. The number of anilines is 1. The third kappa shape index (κ3) is 3.88. The number of sulfonamides is 1. The lowest BCUT2D eigenvalue weighted by atomic mass is 10.1. The molecule has 0 unspecified atom stereocenters. The van der Waals surface area contributed by atoms with Gasteiger partial charge in [-0.05, 0) is 61.6 Å². The summed E-state index contributed by atoms with van der Waals surface area (Å²) >= 11 is 0. The summed E-state index contributed by atoms with van der Waals surface area (Å²) < 4.78 is 33.6. The molecule has 6 nitrogen and oxygen atoms in total. The Bertz CT molecular complexity index is 1090. The second-order valence-electron chi connectivity index (χ2n) is 7.01. The van der Waals surface area contributed by atoms with E-state index in [2.05, 4.69) is 14.9 Å². The minimum Gasteiger partial charge on any atom is -0.339 e. The summed E-state index contributed by atoms with van der Waals surface area (Å²) in [5, 5.41) is 4.02. The minimum atomic E-state index is -3.68. The number of hydrogen-bond donors (Lipinski definition) is 1. The minimum absolute atomic E-state index is 0.245. The first-order valence-electron chi connectivity index (χ1n) is 8.93. The molecular weight excluding hydrogens is 362 g/mol. The lowest BCUT2D eigenvalue weighted by Gasteiger charge is -2.12. The average Bonchev–Trinajstić information content (AvgIpc) is 3.38. The number of hydrogen-bond acceptors (Lipinski definition) is 5. The van der Waals surface area contributed by atoms with E-state index < -0.39 is 10.0 Å². The van der Waals surface area contributed by atoms with Crippen LogP contribution >= 0.6 is 0 Å². The number of benzene rings is 2. The Morgan fingerprint density at radius 1 is 1.11 bits per heavy atom. The summed E-state index contributed by atoms with van der Waals surface area (Å²) in [5.41, 5.74) is 3.29. The molecule has 1 saturated carbocycles. The van der Waals surface area contributed by atoms with Crippen LogP contribution in [0.4, 0.5) is 5.69 Å². The number of rotatable bonds is 6. The van der Waals surface area contributed by atoms with Crippen LogP contribution in [0.15, 0.2) is 51.9 Å². The molecule has 3 aromatic rings. The fraction of sp³-hybridized carbons (Fsp3) is 0.300. The maximum atomic E-state index is 12.8. The lowest BCUT2D eigenvalue weighted by molar-refractivity contribution is 0.379. The van der Waals surface area contributed by atoms with Gasteiger partial charge in [-0.2, -0.15) is 4.98 Å². The molecule has 2 aromatic carbocycles. The summed E-state index contributed by atoms with van der Waals surface area (Å²) in [5.74, 6) is 1.66. The van der Waals surface area contributed by atoms with E-state index >= 15 is 0 Å². The summed E-state index contributed by atoms with van der Waals surface area (Å²) in [4.78, 5) is 4.67. The SMILES string of the molecule is Cc1ccc(S(=O)(=O)Nc2ccccc2Cc2nc(C3CC3)no2)cc1C. The quantitative estimate of drug-likeness (QED) is 0.696. The third-order valence-electron chi connectivity index (χ3n) is 4.82. The van der Waals surface area contributed by atoms with Crippen LogP contribution in [-0.4, -0.2) is 18.6 Å². The van der Waals surface area contributed by atoms with Crippen molar-refractivity contribution >= 4 is 15.7 Å². The van der Waals surface area contributed by atoms with Crippen LogP contribution < -0.4 is 4.72 Å². The molecule has 0 spiro atoms. The van der Waals surface area contributed by atoms with Gasteiger partial charge in [0, 0.05) is 5.92 Å². The first-order valence-corrected chi connectivity index (χ1v) is 10.4. The van der Waals surface area contributed by atoms with Gasteiger partial charge >= 0.3 is 0 Å². The number of nitrogens with zero attached hydrogens (tertiary/aromatic N) is 2. The second-order valence-corrected chi connectivity index (χ2v) is 8.69. The lowest BCUT2D eigenvalue weighted by Crippen LogP contribution is -2.14. The van der Waals surface area contributed by atoms with Crippen molar-refractivity contribution in [2.24, 2.45) is 0 Å². The van der Waals surface area contributed by atoms with Gasteiger partial charge in [-0.3, -0.25) is 4.72 Å². The fourth-order valence-corrected chi connectivity index (χ4v) is 4.05. The fourth-order valence-electron chi connectivity index (χ4n) is 2.87. The molecule has 0 atom stereocenters. The molecule has 7 heteroatoms. The molecule has 1 N–H and O–H groups in total. The van der Waals surface area contributed by atoms with E-state index in [0.717, 1.165) is 35.4 Å². The van der Waals surface area contributed by atoms with Gasteiger partial charge in [-0.25, -0.2) is 8.42 Å². The summed E-state index contributed by atoms with van der Waals surface area (Å²) in [7, 11) is -3.68. The molecule has 27 heavy (non-hydrogen) atoms. The zero-order valence-electron chi connectivity index (χ0n) is 15.3. The monoisotopic (exact) mass is 383 g/mol. The zero-order chi connectivity index (χ0) is 19.0. The van der Waals surface area contributed by atoms with Crippen LogP contribution in [0.1, 0.15) is 47.2 Å². The van der Waals surface area contributed by atoms with E-state index in [1.807, 2.05) is 32.0 Å². The highest BCUT2D eigenvalue weighted by molar-refractivity contribution is 7.92. The Hall–Kier alpha value is -2.67. The van der Waals surface area contributed by atoms with Gasteiger partial charge in [-0.1, -0.05) is 29.4 Å². The van der Waals surface area contributed by atoms with Gasteiger partial charge < -0.3 is 4.52 Å². The highest BCUT2D eigenvalue weighted by Gasteiger charge is 2.29. The maximum Gasteiger partial charge on any atom is 0.261 e. The highest BCUT2D eigenvalue weighted by atomic mass is 32.2. The van der Waals surface area contributed by atoms with Gasteiger partial charge in [-0.15, -0.1) is 0 Å². The predicted molar refractivity (Wildman–Crippen MR) is 102 cm³/mol. The van der Waals surface area contributed by atoms with Crippen LogP contribution in [0.25, 0.3) is 0 Å². The van der Waals surface area contributed by atoms with Crippen molar-refractivity contribution in [3.8, 4) is 0 Å². The van der Waals surface area contributed by atoms with Gasteiger partial charge in [0.05, 0.1) is 17.0 Å². The first kappa shape index (κ1) is 17.7. The van der Waals surface area contributed by atoms with Gasteiger partial charge in [0.2, 0.25) is 5.89 Å². The molecule has 0 saturated heterocycles. The first-order chi connectivity index (χ1) is 12.9. The van der Waals surface area contributed by atoms with E-state index in [1.165, 1.54) is 0 Å². The molecule has 0 radical (unpaired) electrons. The Labute approximate surface area is 158 Å². The van der Waals surface area contributed by atoms with Crippen LogP contribution in [0.5, 0.6) is 0 Å². The van der Waals surface area contributed by atoms with E-state index in [-0.39, 0.29) is 4.90 Å². The van der Waals surface area contributed by atoms with Crippen molar-refractivity contribution in [3.05, 3.63) is 70.9 Å². The molecule has 1 aliphatic carbocycles. The van der Waals surface area contributed by atoms with Crippen molar-refractivity contribution in [1.29, 1.82) is 0 Å². The smallest absolute Gasteiger partial charge is 0.261 e. The summed E-state index contributed by atoms with van der Waals surface area (Å²) in [6.07, 6.45) is 2.59. The molecule has 0 aliphatic heterocycles. The third-order valence-corrected chi connectivity index (χ3v) is 6.18. The van der Waals surface area contributed by atoms with Gasteiger partial charge in [0.15, 0.2) is 5.82 Å². The van der Waals surface area contributed by atoms with Crippen molar-refractivity contribution < 1.29 is 12.9 Å². The molecule has 1 heterocycles. The summed E-state index contributed by atoms with van der Waals surface area (Å²) in [6, 6.07) is 12.4. The molecule has 1 fully saturated rings. The zero-order valence-corrected chi connectivity index (χ0v) is 16.1. The molecule has 1 aliphatic rings. The maximum absolute atomic E-state index is 12.8. The number of para-hydroxylation sites is 1. The molecule has 1 aromatic heterocycles. The number of aromatic nitrogens is 2. The van der Waals surface area contributed by atoms with E-state index in [4.69, 9.17) is 4.52 Å². The average molecular weight is 383 g/mol. The van der Waals surface area contributed by atoms with Crippen molar-refractivity contribution in [1.82, 2.24) is 10.1 Å². The summed E-state index contributed by atoms with van der Waals surface area (Å²) in [6.45, 7) is 3.85. The van der Waals surface area contributed by atoms with Crippen LogP contribution in [0.3, 0.4) is 0 Å². The molecule has 4 rings (SSSR count). The Kier molecular flexibility index (Phi) is 4.47. The Balaban J connectivity index is 1.59. The Morgan fingerprint density at radius 2 is 1.89 bits per heavy atom. The highest BCUT2D eigenvalue weighted by Crippen LogP contribution is 2.38. The van der Waals surface area contributed by atoms with Crippen LogP contribution in [-0.2, 0) is 16.4 Å². The van der Waals surface area contributed by atoms with E-state index in [0.29, 0.717) is 23.9 Å². The van der Waals surface area contributed by atoms with E-state index in [1.54, 1.807) is 24.3 Å². The largest absolute Gasteiger partial charge is 0.339 e. The Morgan fingerprint density at radius 3 is 2.63 bits per heavy atom. The molecule has 0 amide bonds. The van der Waals surface area contributed by atoms with Crippen LogP contribution in [0.2, 0.25) is 0 Å². The van der Waals surface area contributed by atoms with Crippen molar-refractivity contribution in [3.63, 3.8) is 0 Å². The number of nitrogens with one attached hydrogen (secondary N) is 1. The molecule has 140 valence electrons. The normalized spacial score (nSPS) is 14.3. The molecular formula is C20H21N3O3S. The van der Waals surface area contributed by atoms with Crippen molar-refractivity contribution in [2.75, 3.05) is 4.72 Å².